The number of aromatic nitrogens is 2. The van der Waals surface area contributed by atoms with Crippen molar-refractivity contribution in [3.8, 4) is 32.9 Å². The van der Waals surface area contributed by atoms with Crippen molar-refractivity contribution in [1.29, 1.82) is 0 Å². The molecule has 0 unspecified atom stereocenters. The molecule has 0 N–H and O–H groups in total. The first-order valence-corrected chi connectivity index (χ1v) is 17.3. The Morgan fingerprint density at radius 1 is 0.438 bits per heavy atom. The summed E-state index contributed by atoms with van der Waals surface area (Å²) in [6, 6.07) is 59.9. The second-order valence-corrected chi connectivity index (χ2v) is 13.7. The van der Waals surface area contributed by atoms with E-state index in [4.69, 9.17) is 0 Å². The average Bonchev–Trinajstić information content (AvgIpc) is 3.82. The highest BCUT2D eigenvalue weighted by Crippen LogP contribution is 2.41. The summed E-state index contributed by atoms with van der Waals surface area (Å²) in [6.07, 6.45) is 0. The van der Waals surface area contributed by atoms with Crippen LogP contribution in [-0.4, -0.2) is 9.13 Å². The molecule has 0 bridgehead atoms. The second-order valence-electron chi connectivity index (χ2n) is 12.6. The Labute approximate surface area is 282 Å². The van der Waals surface area contributed by atoms with Crippen LogP contribution in [0.3, 0.4) is 0 Å². The van der Waals surface area contributed by atoms with Crippen LogP contribution in [0.2, 0.25) is 0 Å². The van der Waals surface area contributed by atoms with Gasteiger partial charge in [-0.1, -0.05) is 97.1 Å². The molecule has 48 heavy (non-hydrogen) atoms. The molecule has 0 radical (unpaired) electrons. The molecule has 3 heteroatoms. The van der Waals surface area contributed by atoms with Crippen LogP contribution in [0.4, 0.5) is 0 Å². The average molecular weight is 631 g/mol. The van der Waals surface area contributed by atoms with Crippen LogP contribution in [0.1, 0.15) is 5.56 Å². The van der Waals surface area contributed by atoms with Crippen molar-refractivity contribution in [2.75, 3.05) is 0 Å². The maximum atomic E-state index is 2.46. The predicted molar refractivity (Wildman–Crippen MR) is 206 cm³/mol. The van der Waals surface area contributed by atoms with E-state index in [1.54, 1.807) is 0 Å². The van der Waals surface area contributed by atoms with Crippen molar-refractivity contribution < 1.29 is 0 Å². The molecule has 7 aromatic carbocycles. The van der Waals surface area contributed by atoms with E-state index in [0.29, 0.717) is 0 Å². The molecule has 0 aliphatic rings. The first-order chi connectivity index (χ1) is 23.7. The third kappa shape index (κ3) is 4.05. The SMILES string of the molecule is Cc1c(-c2cc3ccccc3s2)cccc1-n1c2ccccc2c2cc(-c3ccc4c(c3)c3ccccc3n4-c3ccccc3)ccc21. The minimum Gasteiger partial charge on any atom is -0.309 e. The molecular weight excluding hydrogens is 601 g/mol. The molecule has 10 aromatic rings. The molecule has 226 valence electrons. The number of hydrogen-bond donors (Lipinski definition) is 0. The van der Waals surface area contributed by atoms with Gasteiger partial charge >= 0.3 is 0 Å². The van der Waals surface area contributed by atoms with Crippen molar-refractivity contribution in [1.82, 2.24) is 9.13 Å². The van der Waals surface area contributed by atoms with Gasteiger partial charge in [-0.05, 0) is 101 Å². The van der Waals surface area contributed by atoms with Gasteiger partial charge in [0.1, 0.15) is 0 Å². The fraction of sp³-hybridized carbons (Fsp3) is 0.0222. The van der Waals surface area contributed by atoms with Crippen LogP contribution in [0.25, 0.3) is 86.6 Å². The molecule has 0 aliphatic carbocycles. The van der Waals surface area contributed by atoms with Crippen LogP contribution < -0.4 is 0 Å². The van der Waals surface area contributed by atoms with Gasteiger partial charge in [0.05, 0.1) is 22.1 Å². The van der Waals surface area contributed by atoms with Crippen molar-refractivity contribution in [2.45, 2.75) is 6.92 Å². The molecule has 2 nitrogen and oxygen atoms in total. The largest absolute Gasteiger partial charge is 0.309 e. The zero-order valence-corrected chi connectivity index (χ0v) is 27.2. The van der Waals surface area contributed by atoms with Gasteiger partial charge in [-0.15, -0.1) is 11.3 Å². The summed E-state index contributed by atoms with van der Waals surface area (Å²) < 4.78 is 6.15. The molecule has 0 amide bonds. The molecule has 0 saturated carbocycles. The predicted octanol–water partition coefficient (Wildman–Crippen LogP) is 12.7. The van der Waals surface area contributed by atoms with E-state index in [9.17, 15) is 0 Å². The van der Waals surface area contributed by atoms with E-state index < -0.39 is 0 Å². The summed E-state index contributed by atoms with van der Waals surface area (Å²) >= 11 is 1.87. The third-order valence-corrected chi connectivity index (χ3v) is 11.1. The van der Waals surface area contributed by atoms with Crippen molar-refractivity contribution in [3.05, 3.63) is 169 Å². The van der Waals surface area contributed by atoms with Gasteiger partial charge in [0, 0.05) is 42.5 Å². The number of fused-ring (bicyclic) bond motifs is 7. The van der Waals surface area contributed by atoms with Crippen LogP contribution in [0.5, 0.6) is 0 Å². The lowest BCUT2D eigenvalue weighted by Crippen LogP contribution is -1.98. The highest BCUT2D eigenvalue weighted by Gasteiger charge is 2.18. The number of thiophene rings is 1. The Bertz CT molecular complexity index is 2810. The number of hydrogen-bond acceptors (Lipinski definition) is 1. The lowest BCUT2D eigenvalue weighted by molar-refractivity contribution is 1.15. The van der Waals surface area contributed by atoms with E-state index in [-0.39, 0.29) is 0 Å². The van der Waals surface area contributed by atoms with E-state index in [0.717, 1.165) is 0 Å². The summed E-state index contributed by atoms with van der Waals surface area (Å²) in [7, 11) is 0. The number of para-hydroxylation sites is 3. The molecule has 0 atom stereocenters. The monoisotopic (exact) mass is 630 g/mol. The van der Waals surface area contributed by atoms with Gasteiger partial charge in [-0.3, -0.25) is 0 Å². The van der Waals surface area contributed by atoms with Gasteiger partial charge < -0.3 is 9.13 Å². The Hall–Kier alpha value is -5.90. The molecule has 3 heterocycles. The number of rotatable bonds is 4. The van der Waals surface area contributed by atoms with Gasteiger partial charge in [0.25, 0.3) is 0 Å². The topological polar surface area (TPSA) is 9.86 Å². The smallest absolute Gasteiger partial charge is 0.0541 e. The lowest BCUT2D eigenvalue weighted by atomic mass is 10.0. The Balaban J connectivity index is 1.15. The summed E-state index contributed by atoms with van der Waals surface area (Å²) in [5.41, 5.74) is 12.3. The van der Waals surface area contributed by atoms with Crippen molar-refractivity contribution in [3.63, 3.8) is 0 Å². The number of benzene rings is 7. The zero-order valence-electron chi connectivity index (χ0n) is 26.4. The fourth-order valence-corrected chi connectivity index (χ4v) is 8.81. The standard InChI is InChI=1S/C45H30N2S/c1-29-34(45-28-32-12-5-10-21-44(32)48-45)17-11-20-39(29)47-41-19-9-7-16-36(41)38-27-31(23-25-43(38)47)30-22-24-42-37(26-30)35-15-6-8-18-40(35)46(42)33-13-3-2-4-14-33/h2-28H,1H3. The summed E-state index contributed by atoms with van der Waals surface area (Å²) in [5.74, 6) is 0. The highest BCUT2D eigenvalue weighted by atomic mass is 32.1. The zero-order chi connectivity index (χ0) is 31.8. The Kier molecular flexibility index (Phi) is 5.99. The fourth-order valence-electron chi connectivity index (χ4n) is 7.67. The molecule has 10 rings (SSSR count). The summed E-state index contributed by atoms with van der Waals surface area (Å²) in [5, 5.41) is 6.37. The van der Waals surface area contributed by atoms with Crippen LogP contribution >= 0.6 is 11.3 Å². The quantitative estimate of drug-likeness (QED) is 0.183. The molecule has 0 spiro atoms. The summed E-state index contributed by atoms with van der Waals surface area (Å²) in [4.78, 5) is 1.31. The van der Waals surface area contributed by atoms with E-state index in [1.165, 1.54) is 92.2 Å². The first kappa shape index (κ1) is 27.2. The van der Waals surface area contributed by atoms with Crippen LogP contribution in [0, 0.1) is 6.92 Å². The van der Waals surface area contributed by atoms with E-state index in [2.05, 4.69) is 180 Å². The molecule has 0 aliphatic heterocycles. The Morgan fingerprint density at radius 2 is 1.02 bits per heavy atom. The van der Waals surface area contributed by atoms with Crippen LogP contribution in [-0.2, 0) is 0 Å². The van der Waals surface area contributed by atoms with Gasteiger partial charge in [0.15, 0.2) is 0 Å². The maximum Gasteiger partial charge on any atom is 0.0541 e. The molecule has 0 fully saturated rings. The number of nitrogens with zero attached hydrogens (tertiary/aromatic N) is 2. The minimum atomic E-state index is 1.18. The van der Waals surface area contributed by atoms with Gasteiger partial charge in [0.2, 0.25) is 0 Å². The van der Waals surface area contributed by atoms with E-state index >= 15 is 0 Å². The van der Waals surface area contributed by atoms with Crippen LogP contribution in [0.15, 0.2) is 164 Å². The molecule has 3 aromatic heterocycles. The highest BCUT2D eigenvalue weighted by molar-refractivity contribution is 7.22. The minimum absolute atomic E-state index is 1.18. The van der Waals surface area contributed by atoms with E-state index in [1.807, 2.05) is 11.3 Å². The van der Waals surface area contributed by atoms with Crippen molar-refractivity contribution in [2.24, 2.45) is 0 Å². The van der Waals surface area contributed by atoms with Gasteiger partial charge in [-0.2, -0.15) is 0 Å². The second kappa shape index (κ2) is 10.6. The molecular formula is C45H30N2S. The normalized spacial score (nSPS) is 11.9. The third-order valence-electron chi connectivity index (χ3n) is 9.93. The first-order valence-electron chi connectivity index (χ1n) is 16.4. The van der Waals surface area contributed by atoms with Gasteiger partial charge in [-0.25, -0.2) is 0 Å². The Morgan fingerprint density at radius 3 is 1.73 bits per heavy atom. The maximum absolute atomic E-state index is 2.46. The molecule has 0 saturated heterocycles. The van der Waals surface area contributed by atoms with Crippen molar-refractivity contribution >= 4 is 65.0 Å². The summed E-state index contributed by atoms with van der Waals surface area (Å²) in [6.45, 7) is 2.27. The lowest BCUT2D eigenvalue weighted by Gasteiger charge is -2.14.